The number of ketones is 2. The van der Waals surface area contributed by atoms with Crippen LogP contribution in [0.5, 0.6) is 0 Å². The number of hydrogen-bond donors (Lipinski definition) is 0. The van der Waals surface area contributed by atoms with Gasteiger partial charge in [0, 0.05) is 24.7 Å². The van der Waals surface area contributed by atoms with Crippen molar-refractivity contribution in [3.05, 3.63) is 0 Å². The highest BCUT2D eigenvalue weighted by Crippen LogP contribution is 2.63. The average molecular weight is 333 g/mol. The van der Waals surface area contributed by atoms with Crippen LogP contribution in [0.2, 0.25) is 0 Å². The molecular formula is C22H36O2. The molecule has 0 heterocycles. The van der Waals surface area contributed by atoms with Crippen LogP contribution in [-0.2, 0) is 9.59 Å². The Kier molecular flexibility index (Phi) is 4.97. The Morgan fingerprint density at radius 1 is 1.12 bits per heavy atom. The van der Waals surface area contributed by atoms with E-state index in [-0.39, 0.29) is 10.8 Å². The first kappa shape index (κ1) is 18.1. The van der Waals surface area contributed by atoms with Crippen LogP contribution >= 0.6 is 0 Å². The summed E-state index contributed by atoms with van der Waals surface area (Å²) in [4.78, 5) is 24.6. The van der Waals surface area contributed by atoms with E-state index < -0.39 is 0 Å². The maximum Gasteiger partial charge on any atom is 0.139 e. The minimum absolute atomic E-state index is 0.0415. The topological polar surface area (TPSA) is 34.1 Å². The van der Waals surface area contributed by atoms with E-state index in [1.54, 1.807) is 0 Å². The normalized spacial score (nSPS) is 45.4. The van der Waals surface area contributed by atoms with Gasteiger partial charge in [0.25, 0.3) is 0 Å². The minimum atomic E-state index is -0.0415. The summed E-state index contributed by atoms with van der Waals surface area (Å²) in [6.45, 7) is 9.13. The third kappa shape index (κ3) is 2.78. The van der Waals surface area contributed by atoms with Crippen molar-refractivity contribution in [1.29, 1.82) is 0 Å². The van der Waals surface area contributed by atoms with E-state index in [4.69, 9.17) is 0 Å². The maximum atomic E-state index is 12.7. The van der Waals surface area contributed by atoms with Crippen LogP contribution in [0.3, 0.4) is 0 Å². The number of hydrogen-bond acceptors (Lipinski definition) is 2. The van der Waals surface area contributed by atoms with Gasteiger partial charge in [0.2, 0.25) is 0 Å². The number of carbonyl (C=O) groups is 2. The number of carbonyl (C=O) groups excluding carboxylic acids is 2. The summed E-state index contributed by atoms with van der Waals surface area (Å²) in [7, 11) is 0. The smallest absolute Gasteiger partial charge is 0.139 e. The molecule has 0 saturated heterocycles. The Morgan fingerprint density at radius 3 is 2.58 bits per heavy atom. The quantitative estimate of drug-likeness (QED) is 0.673. The predicted octanol–water partition coefficient (Wildman–Crippen LogP) is 5.58. The van der Waals surface area contributed by atoms with Gasteiger partial charge < -0.3 is 0 Å². The van der Waals surface area contributed by atoms with E-state index in [1.807, 2.05) is 6.92 Å². The van der Waals surface area contributed by atoms with Gasteiger partial charge in [-0.3, -0.25) is 9.59 Å². The number of fused-ring (bicyclic) bond motifs is 3. The minimum Gasteiger partial charge on any atom is -0.300 e. The van der Waals surface area contributed by atoms with Crippen LogP contribution in [0.1, 0.15) is 91.9 Å². The molecule has 6 atom stereocenters. The standard InChI is InChI=1S/C22H36O2/c1-5-16(23)11-13-21(3)15(2)9-10-17-18-7-6-8-20(24)22(18,4)14-12-19(17)21/h15,17-19H,5-14H2,1-4H3. The molecule has 3 aliphatic rings. The molecule has 0 bridgehead atoms. The second-order valence-electron chi connectivity index (χ2n) is 9.52. The van der Waals surface area contributed by atoms with Gasteiger partial charge in [-0.05, 0) is 74.0 Å². The van der Waals surface area contributed by atoms with Gasteiger partial charge in [0.1, 0.15) is 11.6 Å². The molecule has 3 aliphatic carbocycles. The van der Waals surface area contributed by atoms with Crippen molar-refractivity contribution >= 4 is 11.6 Å². The molecule has 3 saturated carbocycles. The highest BCUT2D eigenvalue weighted by atomic mass is 16.1. The molecule has 0 N–H and O–H groups in total. The van der Waals surface area contributed by atoms with Gasteiger partial charge in [0.15, 0.2) is 0 Å². The zero-order chi connectivity index (χ0) is 17.5. The Labute approximate surface area is 148 Å². The highest BCUT2D eigenvalue weighted by molar-refractivity contribution is 5.85. The molecule has 0 radical (unpaired) electrons. The summed E-state index contributed by atoms with van der Waals surface area (Å²) >= 11 is 0. The molecule has 0 aromatic carbocycles. The van der Waals surface area contributed by atoms with E-state index in [0.717, 1.165) is 38.0 Å². The van der Waals surface area contributed by atoms with Crippen LogP contribution in [0.15, 0.2) is 0 Å². The molecule has 2 nitrogen and oxygen atoms in total. The molecule has 0 aromatic heterocycles. The van der Waals surface area contributed by atoms with Crippen LogP contribution in [-0.4, -0.2) is 11.6 Å². The van der Waals surface area contributed by atoms with Gasteiger partial charge in [-0.2, -0.15) is 0 Å². The van der Waals surface area contributed by atoms with Crippen LogP contribution < -0.4 is 0 Å². The van der Waals surface area contributed by atoms with E-state index in [2.05, 4.69) is 20.8 Å². The molecule has 24 heavy (non-hydrogen) atoms. The summed E-state index contributed by atoms with van der Waals surface area (Å²) < 4.78 is 0. The lowest BCUT2D eigenvalue weighted by Gasteiger charge is -2.60. The zero-order valence-corrected chi connectivity index (χ0v) is 16.2. The Balaban J connectivity index is 1.84. The maximum absolute atomic E-state index is 12.7. The predicted molar refractivity (Wildman–Crippen MR) is 97.7 cm³/mol. The van der Waals surface area contributed by atoms with Crippen molar-refractivity contribution in [3.8, 4) is 0 Å². The second-order valence-corrected chi connectivity index (χ2v) is 9.52. The second kappa shape index (κ2) is 6.57. The highest BCUT2D eigenvalue weighted by Gasteiger charge is 2.57. The van der Waals surface area contributed by atoms with Crippen molar-refractivity contribution in [3.63, 3.8) is 0 Å². The lowest BCUT2D eigenvalue weighted by molar-refractivity contribution is -0.152. The molecule has 6 unspecified atom stereocenters. The number of rotatable bonds is 4. The third-order valence-corrected chi connectivity index (χ3v) is 8.63. The van der Waals surface area contributed by atoms with Crippen molar-refractivity contribution in [2.75, 3.05) is 0 Å². The SMILES string of the molecule is CCC(=O)CCC1(C)C(C)CCC2C3CCCC(=O)C3(C)CCC21. The fraction of sp³-hybridized carbons (Fsp3) is 0.909. The van der Waals surface area contributed by atoms with E-state index in [0.29, 0.717) is 35.7 Å². The Bertz CT molecular complexity index is 510. The molecule has 3 fully saturated rings. The Morgan fingerprint density at radius 2 is 1.88 bits per heavy atom. The van der Waals surface area contributed by atoms with Crippen LogP contribution in [0.25, 0.3) is 0 Å². The fourth-order valence-corrected chi connectivity index (χ4v) is 6.63. The van der Waals surface area contributed by atoms with Gasteiger partial charge >= 0.3 is 0 Å². The molecule has 136 valence electrons. The third-order valence-electron chi connectivity index (χ3n) is 8.63. The summed E-state index contributed by atoms with van der Waals surface area (Å²) in [6.07, 6.45) is 10.5. The monoisotopic (exact) mass is 332 g/mol. The average Bonchev–Trinajstić information content (AvgIpc) is 2.57. The van der Waals surface area contributed by atoms with Gasteiger partial charge in [-0.25, -0.2) is 0 Å². The molecule has 0 amide bonds. The van der Waals surface area contributed by atoms with Crippen molar-refractivity contribution in [1.82, 2.24) is 0 Å². The zero-order valence-electron chi connectivity index (χ0n) is 16.2. The van der Waals surface area contributed by atoms with Crippen LogP contribution in [0.4, 0.5) is 0 Å². The lowest BCUT2D eigenvalue weighted by atomic mass is 9.44. The lowest BCUT2D eigenvalue weighted by Crippen LogP contribution is -2.55. The first-order chi connectivity index (χ1) is 11.3. The van der Waals surface area contributed by atoms with E-state index >= 15 is 0 Å². The van der Waals surface area contributed by atoms with Gasteiger partial charge in [0.05, 0.1) is 0 Å². The van der Waals surface area contributed by atoms with Crippen molar-refractivity contribution < 1.29 is 9.59 Å². The fourth-order valence-electron chi connectivity index (χ4n) is 6.63. The van der Waals surface area contributed by atoms with Gasteiger partial charge in [-0.15, -0.1) is 0 Å². The largest absolute Gasteiger partial charge is 0.300 e. The molecule has 2 heteroatoms. The number of Topliss-reactive ketones (excluding diaryl/α,β-unsaturated/α-hetero) is 2. The van der Waals surface area contributed by atoms with Crippen molar-refractivity contribution in [2.45, 2.75) is 91.9 Å². The van der Waals surface area contributed by atoms with E-state index in [9.17, 15) is 9.59 Å². The van der Waals surface area contributed by atoms with Gasteiger partial charge in [-0.1, -0.05) is 27.7 Å². The summed E-state index contributed by atoms with van der Waals surface area (Å²) in [5.74, 6) is 3.69. The summed E-state index contributed by atoms with van der Waals surface area (Å²) in [6, 6.07) is 0. The first-order valence-electron chi connectivity index (χ1n) is 10.4. The summed E-state index contributed by atoms with van der Waals surface area (Å²) in [5, 5.41) is 0. The van der Waals surface area contributed by atoms with Crippen LogP contribution in [0, 0.1) is 34.5 Å². The molecule has 0 spiro atoms. The van der Waals surface area contributed by atoms with E-state index in [1.165, 1.54) is 25.7 Å². The Hall–Kier alpha value is -0.660. The molecule has 0 aliphatic heterocycles. The van der Waals surface area contributed by atoms with Crippen molar-refractivity contribution in [2.24, 2.45) is 34.5 Å². The molecule has 0 aromatic rings. The first-order valence-corrected chi connectivity index (χ1v) is 10.4. The summed E-state index contributed by atoms with van der Waals surface area (Å²) in [5.41, 5.74) is 0.246. The molecule has 3 rings (SSSR count). The molecular weight excluding hydrogens is 296 g/mol.